The van der Waals surface area contributed by atoms with Crippen LogP contribution in [-0.4, -0.2) is 25.3 Å². The summed E-state index contributed by atoms with van der Waals surface area (Å²) in [5.74, 6) is -0.674. The molecule has 0 aliphatic heterocycles. The second-order valence-electron chi connectivity index (χ2n) is 2.46. The number of carboxylic acid groups (broad SMARTS) is 1. The smallest absolute Gasteiger partial charge is 0.341 e. The zero-order chi connectivity index (χ0) is 10.7. The number of aromatic carboxylic acids is 1. The maximum atomic E-state index is 10.8. The maximum absolute atomic E-state index is 10.8. The summed E-state index contributed by atoms with van der Waals surface area (Å²) in [5.41, 5.74) is -0.0893. The highest BCUT2D eigenvalue weighted by molar-refractivity contribution is 6.34. The summed E-state index contributed by atoms with van der Waals surface area (Å²) in [7, 11) is 2.79. The van der Waals surface area contributed by atoms with Crippen LogP contribution in [0.4, 0.5) is 0 Å². The van der Waals surface area contributed by atoms with E-state index in [0.717, 1.165) is 0 Å². The molecule has 0 unspecified atom stereocenters. The molecular weight excluding hydrogens is 208 g/mol. The van der Waals surface area contributed by atoms with Crippen LogP contribution in [0.3, 0.4) is 0 Å². The van der Waals surface area contributed by atoms with Gasteiger partial charge in [0.2, 0.25) is 0 Å². The molecule has 5 heteroatoms. The molecule has 4 nitrogen and oxygen atoms in total. The van der Waals surface area contributed by atoms with E-state index < -0.39 is 5.97 Å². The third-order valence-electron chi connectivity index (χ3n) is 1.71. The summed E-state index contributed by atoms with van der Waals surface area (Å²) in [6, 6.07) is 3.00. The Morgan fingerprint density at radius 1 is 1.36 bits per heavy atom. The zero-order valence-corrected chi connectivity index (χ0v) is 8.46. The van der Waals surface area contributed by atoms with Crippen molar-refractivity contribution in [1.82, 2.24) is 0 Å². The summed E-state index contributed by atoms with van der Waals surface area (Å²) in [6.07, 6.45) is 0. The van der Waals surface area contributed by atoms with Gasteiger partial charge in [-0.1, -0.05) is 11.6 Å². The van der Waals surface area contributed by atoms with Crippen molar-refractivity contribution < 1.29 is 19.4 Å². The topological polar surface area (TPSA) is 55.8 Å². The molecule has 0 heterocycles. The quantitative estimate of drug-likeness (QED) is 0.840. The van der Waals surface area contributed by atoms with Gasteiger partial charge in [0.15, 0.2) is 11.5 Å². The molecule has 0 aliphatic carbocycles. The summed E-state index contributed by atoms with van der Waals surface area (Å²) in [4.78, 5) is 10.8. The van der Waals surface area contributed by atoms with Crippen molar-refractivity contribution in [1.29, 1.82) is 0 Å². The van der Waals surface area contributed by atoms with Crippen molar-refractivity contribution >= 4 is 17.6 Å². The lowest BCUT2D eigenvalue weighted by Crippen LogP contribution is -2.03. The van der Waals surface area contributed by atoms with Gasteiger partial charge in [0.1, 0.15) is 5.56 Å². The Bertz CT molecular complexity index is 362. The van der Waals surface area contributed by atoms with E-state index in [9.17, 15) is 4.79 Å². The Morgan fingerprint density at radius 3 is 2.43 bits per heavy atom. The minimum absolute atomic E-state index is 0.0893. The monoisotopic (exact) mass is 216 g/mol. The van der Waals surface area contributed by atoms with E-state index in [-0.39, 0.29) is 16.3 Å². The fraction of sp³-hybridized carbons (Fsp3) is 0.222. The van der Waals surface area contributed by atoms with Gasteiger partial charge in [-0.3, -0.25) is 0 Å². The van der Waals surface area contributed by atoms with Crippen LogP contribution < -0.4 is 9.47 Å². The maximum Gasteiger partial charge on any atom is 0.341 e. The van der Waals surface area contributed by atoms with Gasteiger partial charge in [-0.2, -0.15) is 0 Å². The van der Waals surface area contributed by atoms with Crippen molar-refractivity contribution in [3.05, 3.63) is 22.7 Å². The first kappa shape index (κ1) is 10.7. The number of rotatable bonds is 3. The molecule has 1 N–H and O–H groups in total. The third-order valence-corrected chi connectivity index (χ3v) is 2.02. The van der Waals surface area contributed by atoms with E-state index in [1.165, 1.54) is 20.3 Å². The van der Waals surface area contributed by atoms with E-state index in [0.29, 0.717) is 5.75 Å². The molecule has 14 heavy (non-hydrogen) atoms. The SMILES string of the molecule is COc1ccc(Cl)c(C(=O)O)c1OC. The second kappa shape index (κ2) is 4.19. The van der Waals surface area contributed by atoms with Gasteiger partial charge in [0.05, 0.1) is 19.2 Å². The first-order valence-electron chi connectivity index (χ1n) is 3.75. The van der Waals surface area contributed by atoms with Crippen molar-refractivity contribution in [3.63, 3.8) is 0 Å². The first-order valence-corrected chi connectivity index (χ1v) is 4.13. The Hall–Kier alpha value is -1.42. The normalized spacial score (nSPS) is 9.64. The fourth-order valence-electron chi connectivity index (χ4n) is 1.10. The predicted octanol–water partition coefficient (Wildman–Crippen LogP) is 2.06. The Morgan fingerprint density at radius 2 is 2.00 bits per heavy atom. The van der Waals surface area contributed by atoms with Crippen LogP contribution in [-0.2, 0) is 0 Å². The number of benzene rings is 1. The van der Waals surface area contributed by atoms with Gasteiger partial charge in [0, 0.05) is 0 Å². The number of carboxylic acids is 1. The summed E-state index contributed by atoms with van der Waals surface area (Å²) in [6.45, 7) is 0. The summed E-state index contributed by atoms with van der Waals surface area (Å²) in [5, 5.41) is 9.00. The predicted molar refractivity (Wildman–Crippen MR) is 51.5 cm³/mol. The van der Waals surface area contributed by atoms with E-state index >= 15 is 0 Å². The minimum atomic E-state index is -1.15. The largest absolute Gasteiger partial charge is 0.493 e. The van der Waals surface area contributed by atoms with E-state index in [4.69, 9.17) is 26.2 Å². The lowest BCUT2D eigenvalue weighted by Gasteiger charge is -2.10. The second-order valence-corrected chi connectivity index (χ2v) is 2.87. The van der Waals surface area contributed by atoms with Crippen molar-refractivity contribution in [2.45, 2.75) is 0 Å². The van der Waals surface area contributed by atoms with Crippen LogP contribution in [0.15, 0.2) is 12.1 Å². The number of ether oxygens (including phenoxy) is 2. The average molecular weight is 217 g/mol. The highest BCUT2D eigenvalue weighted by Gasteiger charge is 2.19. The van der Waals surface area contributed by atoms with E-state index in [1.54, 1.807) is 6.07 Å². The first-order chi connectivity index (χ1) is 6.61. The number of hydrogen-bond acceptors (Lipinski definition) is 3. The number of methoxy groups -OCH3 is 2. The van der Waals surface area contributed by atoms with Crippen LogP contribution in [0.1, 0.15) is 10.4 Å². The average Bonchev–Trinajstić information content (AvgIpc) is 2.16. The molecule has 0 aliphatic rings. The molecule has 0 fully saturated rings. The van der Waals surface area contributed by atoms with E-state index in [2.05, 4.69) is 0 Å². The van der Waals surface area contributed by atoms with Crippen LogP contribution in [0, 0.1) is 0 Å². The lowest BCUT2D eigenvalue weighted by molar-refractivity contribution is 0.0693. The van der Waals surface area contributed by atoms with Crippen molar-refractivity contribution in [2.75, 3.05) is 14.2 Å². The molecule has 0 atom stereocenters. The Balaban J connectivity index is 3.42. The molecule has 76 valence electrons. The molecule has 0 amide bonds. The van der Waals surface area contributed by atoms with E-state index in [1.807, 2.05) is 0 Å². The Kier molecular flexibility index (Phi) is 3.19. The molecule has 0 bridgehead atoms. The van der Waals surface area contributed by atoms with Crippen LogP contribution in [0.25, 0.3) is 0 Å². The molecular formula is C9H9ClO4. The van der Waals surface area contributed by atoms with Gasteiger partial charge in [-0.05, 0) is 12.1 Å². The van der Waals surface area contributed by atoms with Crippen molar-refractivity contribution in [3.8, 4) is 11.5 Å². The molecule has 0 radical (unpaired) electrons. The molecule has 0 aromatic heterocycles. The molecule has 0 saturated heterocycles. The molecule has 0 saturated carbocycles. The highest BCUT2D eigenvalue weighted by atomic mass is 35.5. The summed E-state index contributed by atoms with van der Waals surface area (Å²) < 4.78 is 9.85. The summed E-state index contributed by atoms with van der Waals surface area (Å²) >= 11 is 5.72. The van der Waals surface area contributed by atoms with Gasteiger partial charge >= 0.3 is 5.97 Å². The van der Waals surface area contributed by atoms with Gasteiger partial charge in [-0.25, -0.2) is 4.79 Å². The van der Waals surface area contributed by atoms with Crippen LogP contribution in [0.2, 0.25) is 5.02 Å². The standard InChI is InChI=1S/C9H9ClO4/c1-13-6-4-3-5(10)7(9(11)12)8(6)14-2/h3-4H,1-2H3,(H,11,12). The van der Waals surface area contributed by atoms with Gasteiger partial charge in [0.25, 0.3) is 0 Å². The Labute approximate surface area is 86.0 Å². The van der Waals surface area contributed by atoms with Crippen molar-refractivity contribution in [2.24, 2.45) is 0 Å². The van der Waals surface area contributed by atoms with Crippen LogP contribution >= 0.6 is 11.6 Å². The third kappa shape index (κ3) is 1.75. The van der Waals surface area contributed by atoms with Gasteiger partial charge < -0.3 is 14.6 Å². The molecule has 1 aromatic carbocycles. The zero-order valence-electron chi connectivity index (χ0n) is 7.70. The fourth-order valence-corrected chi connectivity index (χ4v) is 1.33. The number of carbonyl (C=O) groups is 1. The molecule has 1 rings (SSSR count). The molecule has 0 spiro atoms. The molecule has 1 aromatic rings. The highest BCUT2D eigenvalue weighted by Crippen LogP contribution is 2.35. The number of halogens is 1. The van der Waals surface area contributed by atoms with Gasteiger partial charge in [-0.15, -0.1) is 0 Å². The lowest BCUT2D eigenvalue weighted by atomic mass is 10.2. The van der Waals surface area contributed by atoms with Crippen LogP contribution in [0.5, 0.6) is 11.5 Å². The minimum Gasteiger partial charge on any atom is -0.493 e. The number of hydrogen-bond donors (Lipinski definition) is 1.